The van der Waals surface area contributed by atoms with Crippen LogP contribution in [0.4, 0.5) is 0 Å². The Balaban J connectivity index is 2.61. The third kappa shape index (κ3) is 4.29. The van der Waals surface area contributed by atoms with Crippen LogP contribution < -0.4 is 0 Å². The smallest absolute Gasteiger partial charge is 0.370 e. The molecular weight excluding hydrogens is 192 g/mol. The van der Waals surface area contributed by atoms with Crippen molar-refractivity contribution >= 4 is 16.5 Å². The number of hydrogen-bond acceptors (Lipinski definition) is 3. The monoisotopic (exact) mass is 200 g/mol. The summed E-state index contributed by atoms with van der Waals surface area (Å²) in [6.45, 7) is 0. The van der Waals surface area contributed by atoms with Gasteiger partial charge in [0.1, 0.15) is 6.26 Å². The van der Waals surface area contributed by atoms with Crippen LogP contribution >= 0.6 is 0 Å². The first kappa shape index (κ1) is 9.76. The van der Waals surface area contributed by atoms with E-state index in [1.54, 1.807) is 24.3 Å². The van der Waals surface area contributed by atoms with Crippen LogP contribution in [0.25, 0.3) is 6.08 Å². The number of rotatable bonds is 3. The highest BCUT2D eigenvalue weighted by Gasteiger charge is 1.98. The standard InChI is InChI=1S/C8H8O4S/c9-13(10,11)12-7-6-8-4-2-1-3-5-8/h1-7H,(H,9,10,11)/b7-6+. The van der Waals surface area contributed by atoms with E-state index in [0.717, 1.165) is 11.8 Å². The predicted molar refractivity (Wildman–Crippen MR) is 48.1 cm³/mol. The highest BCUT2D eigenvalue weighted by molar-refractivity contribution is 7.81. The molecule has 0 amide bonds. The Morgan fingerprint density at radius 2 is 1.85 bits per heavy atom. The van der Waals surface area contributed by atoms with Gasteiger partial charge in [-0.15, -0.1) is 0 Å². The van der Waals surface area contributed by atoms with Gasteiger partial charge >= 0.3 is 10.4 Å². The third-order valence-corrected chi connectivity index (χ3v) is 1.59. The zero-order chi connectivity index (χ0) is 9.73. The van der Waals surface area contributed by atoms with E-state index in [4.69, 9.17) is 4.55 Å². The van der Waals surface area contributed by atoms with Crippen molar-refractivity contribution in [1.29, 1.82) is 0 Å². The molecule has 5 heteroatoms. The molecule has 0 spiro atoms. The van der Waals surface area contributed by atoms with Gasteiger partial charge in [0.2, 0.25) is 0 Å². The molecule has 0 radical (unpaired) electrons. The van der Waals surface area contributed by atoms with E-state index >= 15 is 0 Å². The van der Waals surface area contributed by atoms with Crippen LogP contribution in [0, 0.1) is 0 Å². The topological polar surface area (TPSA) is 63.6 Å². The van der Waals surface area contributed by atoms with Gasteiger partial charge in [0.25, 0.3) is 0 Å². The lowest BCUT2D eigenvalue weighted by Crippen LogP contribution is -1.96. The quantitative estimate of drug-likeness (QED) is 0.593. The molecule has 70 valence electrons. The summed E-state index contributed by atoms with van der Waals surface area (Å²) in [5, 5.41) is 0. The molecule has 0 atom stereocenters. The Morgan fingerprint density at radius 1 is 1.23 bits per heavy atom. The SMILES string of the molecule is O=S(=O)(O)O/C=C/c1ccccc1. The summed E-state index contributed by atoms with van der Waals surface area (Å²) in [6.07, 6.45) is 2.33. The second kappa shape index (κ2) is 4.06. The van der Waals surface area contributed by atoms with Gasteiger partial charge < -0.3 is 4.18 Å². The molecule has 0 bridgehead atoms. The van der Waals surface area contributed by atoms with Crippen molar-refractivity contribution in [2.24, 2.45) is 0 Å². The van der Waals surface area contributed by atoms with E-state index in [1.807, 2.05) is 6.07 Å². The molecule has 13 heavy (non-hydrogen) atoms. The third-order valence-electron chi connectivity index (χ3n) is 1.24. The van der Waals surface area contributed by atoms with Gasteiger partial charge in [-0.05, 0) is 11.6 Å². The summed E-state index contributed by atoms with van der Waals surface area (Å²) in [6, 6.07) is 8.97. The van der Waals surface area contributed by atoms with Crippen molar-refractivity contribution < 1.29 is 17.2 Å². The molecule has 0 aliphatic carbocycles. The molecule has 1 aromatic rings. The first-order chi connectivity index (χ1) is 6.08. The molecule has 0 aliphatic rings. The van der Waals surface area contributed by atoms with E-state index < -0.39 is 10.4 Å². The average Bonchev–Trinajstić information content (AvgIpc) is 2.04. The Morgan fingerprint density at radius 3 is 2.38 bits per heavy atom. The summed E-state index contributed by atoms with van der Waals surface area (Å²) in [5.41, 5.74) is 0.783. The van der Waals surface area contributed by atoms with Crippen molar-refractivity contribution in [3.63, 3.8) is 0 Å². The van der Waals surface area contributed by atoms with Crippen LogP contribution in [0.2, 0.25) is 0 Å². The summed E-state index contributed by atoms with van der Waals surface area (Å²) < 4.78 is 32.4. The fourth-order valence-corrected chi connectivity index (χ4v) is 0.937. The highest BCUT2D eigenvalue weighted by atomic mass is 32.3. The van der Waals surface area contributed by atoms with Crippen molar-refractivity contribution in [1.82, 2.24) is 0 Å². The van der Waals surface area contributed by atoms with E-state index in [0.29, 0.717) is 0 Å². The molecule has 0 aromatic heterocycles. The number of hydrogen-bond donors (Lipinski definition) is 1. The molecule has 0 unspecified atom stereocenters. The maximum Gasteiger partial charge on any atom is 0.445 e. The fourth-order valence-electron chi connectivity index (χ4n) is 0.741. The first-order valence-electron chi connectivity index (χ1n) is 3.45. The minimum Gasteiger partial charge on any atom is -0.370 e. The highest BCUT2D eigenvalue weighted by Crippen LogP contribution is 2.01. The molecule has 4 nitrogen and oxygen atoms in total. The molecule has 0 heterocycles. The lowest BCUT2D eigenvalue weighted by atomic mass is 10.2. The second-order valence-electron chi connectivity index (χ2n) is 2.24. The number of benzene rings is 1. The molecular formula is C8H8O4S. The Bertz CT molecular complexity index is 380. The van der Waals surface area contributed by atoms with E-state index in [9.17, 15) is 8.42 Å². The molecule has 0 aliphatic heterocycles. The van der Waals surface area contributed by atoms with E-state index in [2.05, 4.69) is 4.18 Å². The first-order valence-corrected chi connectivity index (χ1v) is 4.82. The normalized spacial score (nSPS) is 11.8. The van der Waals surface area contributed by atoms with Gasteiger partial charge in [0.05, 0.1) is 0 Å². The van der Waals surface area contributed by atoms with Gasteiger partial charge in [-0.2, -0.15) is 8.42 Å². The molecule has 1 N–H and O–H groups in total. The van der Waals surface area contributed by atoms with Crippen molar-refractivity contribution in [3.8, 4) is 0 Å². The second-order valence-corrected chi connectivity index (χ2v) is 3.29. The van der Waals surface area contributed by atoms with Crippen LogP contribution in [0.15, 0.2) is 36.6 Å². The molecule has 0 saturated heterocycles. The Hall–Kier alpha value is -1.33. The Labute approximate surface area is 76.4 Å². The molecule has 1 rings (SSSR count). The average molecular weight is 200 g/mol. The molecule has 0 saturated carbocycles. The lowest BCUT2D eigenvalue weighted by Gasteiger charge is -1.92. The van der Waals surface area contributed by atoms with Crippen LogP contribution in [-0.4, -0.2) is 13.0 Å². The maximum absolute atomic E-state index is 10.1. The summed E-state index contributed by atoms with van der Waals surface area (Å²) in [5.74, 6) is 0. The molecule has 0 fully saturated rings. The molecule has 1 aromatic carbocycles. The van der Waals surface area contributed by atoms with E-state index in [1.165, 1.54) is 6.08 Å². The van der Waals surface area contributed by atoms with Crippen molar-refractivity contribution in [3.05, 3.63) is 42.2 Å². The van der Waals surface area contributed by atoms with Gasteiger partial charge in [-0.1, -0.05) is 30.3 Å². The minimum absolute atomic E-state index is 0.783. The maximum atomic E-state index is 10.1. The van der Waals surface area contributed by atoms with Gasteiger partial charge in [-0.3, -0.25) is 4.55 Å². The minimum atomic E-state index is -4.38. The van der Waals surface area contributed by atoms with Crippen LogP contribution in [0.1, 0.15) is 5.56 Å². The zero-order valence-electron chi connectivity index (χ0n) is 6.62. The van der Waals surface area contributed by atoms with Gasteiger partial charge in [0.15, 0.2) is 0 Å². The van der Waals surface area contributed by atoms with E-state index in [-0.39, 0.29) is 0 Å². The fraction of sp³-hybridized carbons (Fsp3) is 0. The Kier molecular flexibility index (Phi) is 3.05. The summed E-state index contributed by atoms with van der Waals surface area (Å²) in [4.78, 5) is 0. The van der Waals surface area contributed by atoms with Gasteiger partial charge in [0, 0.05) is 0 Å². The zero-order valence-corrected chi connectivity index (χ0v) is 7.44. The van der Waals surface area contributed by atoms with Crippen molar-refractivity contribution in [2.45, 2.75) is 0 Å². The lowest BCUT2D eigenvalue weighted by molar-refractivity contribution is 0.357. The largest absolute Gasteiger partial charge is 0.445 e. The summed E-state index contributed by atoms with van der Waals surface area (Å²) >= 11 is 0. The van der Waals surface area contributed by atoms with Crippen LogP contribution in [-0.2, 0) is 14.6 Å². The predicted octanol–water partition coefficient (Wildman–Crippen LogP) is 1.48. The van der Waals surface area contributed by atoms with Gasteiger partial charge in [-0.25, -0.2) is 0 Å². The van der Waals surface area contributed by atoms with Crippen molar-refractivity contribution in [2.75, 3.05) is 0 Å². The van der Waals surface area contributed by atoms with Crippen LogP contribution in [0.5, 0.6) is 0 Å². The summed E-state index contributed by atoms with van der Waals surface area (Å²) in [7, 11) is -4.38. The van der Waals surface area contributed by atoms with Crippen LogP contribution in [0.3, 0.4) is 0 Å².